The van der Waals surface area contributed by atoms with Crippen LogP contribution in [0.3, 0.4) is 0 Å². The second kappa shape index (κ2) is 6.41. The van der Waals surface area contributed by atoms with Gasteiger partial charge in [-0.1, -0.05) is 26.7 Å². The van der Waals surface area contributed by atoms with Crippen molar-refractivity contribution >= 4 is 32.9 Å². The molecule has 1 aromatic carbocycles. The molecule has 0 aliphatic rings. The third-order valence-electron chi connectivity index (χ3n) is 3.76. The third-order valence-corrected chi connectivity index (χ3v) is 4.69. The Hall–Kier alpha value is -1.33. The molecule has 0 bridgehead atoms. The fourth-order valence-electron chi connectivity index (χ4n) is 2.47. The lowest BCUT2D eigenvalue weighted by atomic mass is 9.96. The number of rotatable bonds is 6. The smallest absolute Gasteiger partial charge is 0.0907 e. The molecule has 2 rings (SSSR count). The molecule has 2 aromatic rings. The van der Waals surface area contributed by atoms with Crippen LogP contribution in [0.15, 0.2) is 12.1 Å². The van der Waals surface area contributed by atoms with Gasteiger partial charge in [0.15, 0.2) is 0 Å². The number of aliphatic hydroxyl groups excluding tert-OH is 1. The van der Waals surface area contributed by atoms with E-state index in [9.17, 15) is 5.11 Å². The molecule has 0 aliphatic heterocycles. The number of benzene rings is 1. The van der Waals surface area contributed by atoms with Crippen LogP contribution in [0.25, 0.3) is 10.2 Å². The van der Waals surface area contributed by atoms with Gasteiger partial charge in [-0.25, -0.2) is 4.98 Å². The molecule has 1 aromatic heterocycles. The first-order valence-electron chi connectivity index (χ1n) is 7.13. The fourth-order valence-corrected chi connectivity index (χ4v) is 3.33. The van der Waals surface area contributed by atoms with Crippen molar-refractivity contribution in [3.63, 3.8) is 0 Å². The summed E-state index contributed by atoms with van der Waals surface area (Å²) in [4.78, 5) is 4.47. The summed E-state index contributed by atoms with van der Waals surface area (Å²) in [5.41, 5.74) is 8.58. The van der Waals surface area contributed by atoms with Gasteiger partial charge in [-0.15, -0.1) is 11.3 Å². The van der Waals surface area contributed by atoms with Crippen molar-refractivity contribution in [1.82, 2.24) is 4.98 Å². The monoisotopic (exact) mass is 293 g/mol. The number of fused-ring (bicyclic) bond motifs is 1. The molecule has 20 heavy (non-hydrogen) atoms. The van der Waals surface area contributed by atoms with Crippen LogP contribution in [-0.2, 0) is 0 Å². The molecule has 1 unspecified atom stereocenters. The van der Waals surface area contributed by atoms with E-state index in [1.54, 1.807) is 11.3 Å². The second-order valence-corrected chi connectivity index (χ2v) is 6.40. The molecule has 0 saturated heterocycles. The SMILES string of the molecule is CCC(CC)C(O)CNc1cc2nc(C)sc2cc1N. The highest BCUT2D eigenvalue weighted by molar-refractivity contribution is 7.18. The maximum Gasteiger partial charge on any atom is 0.0907 e. The Balaban J connectivity index is 2.11. The van der Waals surface area contributed by atoms with Gasteiger partial charge in [-0.3, -0.25) is 0 Å². The first-order chi connectivity index (χ1) is 9.55. The number of nitrogens with one attached hydrogen (secondary N) is 1. The molecule has 0 radical (unpaired) electrons. The van der Waals surface area contributed by atoms with E-state index in [0.29, 0.717) is 18.2 Å². The largest absolute Gasteiger partial charge is 0.397 e. The number of nitrogens with two attached hydrogens (primary N) is 1. The molecule has 0 spiro atoms. The molecule has 1 heterocycles. The summed E-state index contributed by atoms with van der Waals surface area (Å²) in [7, 11) is 0. The minimum absolute atomic E-state index is 0.328. The van der Waals surface area contributed by atoms with Gasteiger partial charge in [0.25, 0.3) is 0 Å². The first kappa shape index (κ1) is 15.1. The quantitative estimate of drug-likeness (QED) is 0.714. The number of hydrogen-bond donors (Lipinski definition) is 3. The second-order valence-electron chi connectivity index (χ2n) is 5.16. The average molecular weight is 293 g/mol. The van der Waals surface area contributed by atoms with Crippen LogP contribution in [-0.4, -0.2) is 22.7 Å². The number of thiazole rings is 1. The lowest BCUT2D eigenvalue weighted by molar-refractivity contribution is 0.114. The zero-order chi connectivity index (χ0) is 14.7. The van der Waals surface area contributed by atoms with E-state index in [1.165, 1.54) is 0 Å². The van der Waals surface area contributed by atoms with Crippen molar-refractivity contribution in [2.45, 2.75) is 39.7 Å². The normalized spacial score (nSPS) is 13.1. The van der Waals surface area contributed by atoms with Crippen LogP contribution >= 0.6 is 11.3 Å². The number of aliphatic hydroxyl groups is 1. The number of nitrogen functional groups attached to an aromatic ring is 1. The lowest BCUT2D eigenvalue weighted by Gasteiger charge is -2.21. The Kier molecular flexibility index (Phi) is 4.83. The zero-order valence-corrected chi connectivity index (χ0v) is 13.1. The van der Waals surface area contributed by atoms with Crippen molar-refractivity contribution in [2.24, 2.45) is 5.92 Å². The van der Waals surface area contributed by atoms with Gasteiger partial charge in [-0.2, -0.15) is 0 Å². The predicted octanol–water partition coefficient (Wildman–Crippen LogP) is 3.40. The van der Waals surface area contributed by atoms with Crippen LogP contribution in [0.1, 0.15) is 31.7 Å². The molecule has 0 aliphatic carbocycles. The number of aryl methyl sites for hydroxylation is 1. The summed E-state index contributed by atoms with van der Waals surface area (Å²) in [6, 6.07) is 3.92. The van der Waals surface area contributed by atoms with E-state index in [4.69, 9.17) is 5.73 Å². The maximum absolute atomic E-state index is 10.2. The molecule has 0 fully saturated rings. The zero-order valence-electron chi connectivity index (χ0n) is 12.3. The summed E-state index contributed by atoms with van der Waals surface area (Å²) in [5, 5.41) is 14.5. The third kappa shape index (κ3) is 3.22. The Labute approximate surface area is 124 Å². The number of aromatic nitrogens is 1. The molecule has 4 nitrogen and oxygen atoms in total. The van der Waals surface area contributed by atoms with Crippen molar-refractivity contribution < 1.29 is 5.11 Å². The van der Waals surface area contributed by atoms with Gasteiger partial charge in [0.2, 0.25) is 0 Å². The average Bonchev–Trinajstić information content (AvgIpc) is 2.76. The van der Waals surface area contributed by atoms with E-state index in [0.717, 1.165) is 33.8 Å². The van der Waals surface area contributed by atoms with E-state index in [1.807, 2.05) is 19.1 Å². The van der Waals surface area contributed by atoms with Crippen molar-refractivity contribution in [3.05, 3.63) is 17.1 Å². The molecule has 110 valence electrons. The molecular formula is C15H23N3OS. The first-order valence-corrected chi connectivity index (χ1v) is 7.95. The summed E-state index contributed by atoms with van der Waals surface area (Å²) < 4.78 is 1.10. The molecule has 4 N–H and O–H groups in total. The summed E-state index contributed by atoms with van der Waals surface area (Å²) >= 11 is 1.64. The maximum atomic E-state index is 10.2. The number of nitrogens with zero attached hydrogens (tertiary/aromatic N) is 1. The Morgan fingerprint density at radius 1 is 1.35 bits per heavy atom. The predicted molar refractivity (Wildman–Crippen MR) is 87.3 cm³/mol. The van der Waals surface area contributed by atoms with Gasteiger partial charge < -0.3 is 16.2 Å². The van der Waals surface area contributed by atoms with Gasteiger partial charge in [0.1, 0.15) is 0 Å². The molecule has 1 atom stereocenters. The van der Waals surface area contributed by atoms with Crippen molar-refractivity contribution in [1.29, 1.82) is 0 Å². The Bertz CT molecular complexity index is 578. The van der Waals surface area contributed by atoms with Crippen LogP contribution < -0.4 is 11.1 Å². The van der Waals surface area contributed by atoms with Gasteiger partial charge in [-0.05, 0) is 25.0 Å². The van der Waals surface area contributed by atoms with E-state index >= 15 is 0 Å². The number of hydrogen-bond acceptors (Lipinski definition) is 5. The van der Waals surface area contributed by atoms with Crippen LogP contribution in [0, 0.1) is 12.8 Å². The number of anilines is 2. The van der Waals surface area contributed by atoms with E-state index < -0.39 is 0 Å². The summed E-state index contributed by atoms with van der Waals surface area (Å²) in [6.07, 6.45) is 1.62. The van der Waals surface area contributed by atoms with Crippen LogP contribution in [0.5, 0.6) is 0 Å². The fraction of sp³-hybridized carbons (Fsp3) is 0.533. The van der Waals surface area contributed by atoms with E-state index in [2.05, 4.69) is 24.1 Å². The van der Waals surface area contributed by atoms with E-state index in [-0.39, 0.29) is 6.10 Å². The highest BCUT2D eigenvalue weighted by Crippen LogP contribution is 2.29. The summed E-state index contributed by atoms with van der Waals surface area (Å²) in [5.74, 6) is 0.328. The minimum Gasteiger partial charge on any atom is -0.397 e. The van der Waals surface area contributed by atoms with Gasteiger partial charge >= 0.3 is 0 Å². The minimum atomic E-state index is -0.350. The summed E-state index contributed by atoms with van der Waals surface area (Å²) in [6.45, 7) is 6.72. The lowest BCUT2D eigenvalue weighted by Crippen LogP contribution is -2.27. The Morgan fingerprint density at radius 2 is 2.05 bits per heavy atom. The van der Waals surface area contributed by atoms with Crippen molar-refractivity contribution in [2.75, 3.05) is 17.6 Å². The van der Waals surface area contributed by atoms with Crippen LogP contribution in [0.2, 0.25) is 0 Å². The van der Waals surface area contributed by atoms with Gasteiger partial charge in [0.05, 0.1) is 32.7 Å². The molecular weight excluding hydrogens is 270 g/mol. The highest BCUT2D eigenvalue weighted by atomic mass is 32.1. The highest BCUT2D eigenvalue weighted by Gasteiger charge is 2.15. The standard InChI is InChI=1S/C15H23N3OS/c1-4-10(5-2)14(19)8-17-12-7-13-15(6-11(12)16)20-9(3)18-13/h6-7,10,14,17,19H,4-5,8,16H2,1-3H3. The molecule has 0 saturated carbocycles. The molecule has 5 heteroatoms. The van der Waals surface area contributed by atoms with Crippen LogP contribution in [0.4, 0.5) is 11.4 Å². The molecule has 0 amide bonds. The Morgan fingerprint density at radius 3 is 2.70 bits per heavy atom. The van der Waals surface area contributed by atoms with Gasteiger partial charge in [0, 0.05) is 6.54 Å². The topological polar surface area (TPSA) is 71.2 Å². The van der Waals surface area contributed by atoms with Crippen molar-refractivity contribution in [3.8, 4) is 0 Å².